The third kappa shape index (κ3) is 3.68. The van der Waals surface area contributed by atoms with Gasteiger partial charge in [-0.25, -0.2) is 17.9 Å². The molecular weight excluding hydrogens is 364 g/mol. The Morgan fingerprint density at radius 3 is 2.77 bits per heavy atom. The Hall–Kier alpha value is -2.92. The number of carbonyl (C=O) groups is 1. The van der Waals surface area contributed by atoms with E-state index in [1.165, 1.54) is 13.8 Å². The quantitative estimate of drug-likeness (QED) is 0.578. The van der Waals surface area contributed by atoms with Crippen molar-refractivity contribution in [1.82, 2.24) is 14.9 Å². The summed E-state index contributed by atoms with van der Waals surface area (Å²) in [6.07, 6.45) is -0.0808. The van der Waals surface area contributed by atoms with Crippen molar-refractivity contribution in [2.75, 3.05) is 11.9 Å². The molecular formula is C15H16N4O6S. The minimum absolute atomic E-state index is 0.0210. The van der Waals surface area contributed by atoms with Gasteiger partial charge in [-0.2, -0.15) is 0 Å². The maximum Gasteiger partial charge on any atom is 0.417 e. The first-order chi connectivity index (χ1) is 12.3. The number of anilines is 1. The maximum atomic E-state index is 12.2. The number of hydrogen-bond acceptors (Lipinski definition) is 7. The van der Waals surface area contributed by atoms with E-state index in [1.807, 2.05) is 0 Å². The molecule has 2 aromatic heterocycles. The lowest BCUT2D eigenvalue weighted by Gasteiger charge is -2.07. The highest BCUT2D eigenvalue weighted by molar-refractivity contribution is 7.89. The average Bonchev–Trinajstić information content (AvgIpc) is 3.08. The summed E-state index contributed by atoms with van der Waals surface area (Å²) in [7, 11) is -3.81. The van der Waals surface area contributed by atoms with E-state index in [4.69, 9.17) is 8.94 Å². The molecule has 0 unspecified atom stereocenters. The van der Waals surface area contributed by atoms with Crippen LogP contribution >= 0.6 is 0 Å². The standard InChI is InChI=1S/C15H16N4O6S/c1-8-14(9(2)25-19-8)26(22,23)16-6-5-13(20)17-10-3-4-12-11(7-10)18-15(21)24-12/h3-4,7,16H,5-6H2,1-2H3,(H,17,20)(H,18,21). The van der Waals surface area contributed by atoms with Crippen molar-refractivity contribution < 1.29 is 22.2 Å². The van der Waals surface area contributed by atoms with E-state index in [0.717, 1.165) is 0 Å². The first-order valence-corrected chi connectivity index (χ1v) is 9.10. The van der Waals surface area contributed by atoms with Gasteiger partial charge >= 0.3 is 5.76 Å². The van der Waals surface area contributed by atoms with Crippen molar-refractivity contribution in [2.24, 2.45) is 0 Å². The molecule has 0 atom stereocenters. The van der Waals surface area contributed by atoms with E-state index in [2.05, 4.69) is 20.2 Å². The summed E-state index contributed by atoms with van der Waals surface area (Å²) in [5.41, 5.74) is 1.53. The smallest absolute Gasteiger partial charge is 0.408 e. The van der Waals surface area contributed by atoms with Gasteiger partial charge in [-0.1, -0.05) is 5.16 Å². The summed E-state index contributed by atoms with van der Waals surface area (Å²) in [6, 6.07) is 4.67. The number of aromatic amines is 1. The molecule has 0 spiro atoms. The fraction of sp³-hybridized carbons (Fsp3) is 0.267. The Kier molecular flexibility index (Phi) is 4.66. The highest BCUT2D eigenvalue weighted by Crippen LogP contribution is 2.19. The molecule has 3 aromatic rings. The Morgan fingerprint density at radius 1 is 1.31 bits per heavy atom. The predicted molar refractivity (Wildman–Crippen MR) is 91.2 cm³/mol. The number of rotatable bonds is 6. The molecule has 0 saturated carbocycles. The van der Waals surface area contributed by atoms with Crippen LogP contribution in [0.4, 0.5) is 5.69 Å². The number of aryl methyl sites for hydroxylation is 2. The number of oxazole rings is 1. The van der Waals surface area contributed by atoms with Gasteiger partial charge in [-0.05, 0) is 32.0 Å². The van der Waals surface area contributed by atoms with Gasteiger partial charge in [0.2, 0.25) is 15.9 Å². The zero-order valence-corrected chi connectivity index (χ0v) is 14.8. The monoisotopic (exact) mass is 380 g/mol. The molecule has 10 nitrogen and oxygen atoms in total. The molecule has 0 bridgehead atoms. The van der Waals surface area contributed by atoms with E-state index < -0.39 is 21.7 Å². The van der Waals surface area contributed by atoms with Gasteiger partial charge in [-0.3, -0.25) is 9.78 Å². The molecule has 2 heterocycles. The number of hydrogen-bond donors (Lipinski definition) is 3. The van der Waals surface area contributed by atoms with E-state index in [0.29, 0.717) is 16.8 Å². The zero-order valence-electron chi connectivity index (χ0n) is 14.0. The molecule has 1 amide bonds. The third-order valence-electron chi connectivity index (χ3n) is 3.58. The number of nitrogens with zero attached hydrogens (tertiary/aromatic N) is 1. The number of sulfonamides is 1. The predicted octanol–water partition coefficient (Wildman–Crippen LogP) is 1.03. The molecule has 0 aliphatic carbocycles. The second-order valence-electron chi connectivity index (χ2n) is 5.57. The van der Waals surface area contributed by atoms with Crippen LogP contribution in [0.1, 0.15) is 17.9 Å². The first kappa shape index (κ1) is 17.9. The van der Waals surface area contributed by atoms with Crippen LogP contribution in [0.25, 0.3) is 11.1 Å². The molecule has 3 N–H and O–H groups in total. The van der Waals surface area contributed by atoms with Crippen molar-refractivity contribution in [3.63, 3.8) is 0 Å². The number of amides is 1. The molecule has 0 aliphatic heterocycles. The Balaban J connectivity index is 1.59. The van der Waals surface area contributed by atoms with Gasteiger partial charge in [0.1, 0.15) is 10.6 Å². The molecule has 0 fully saturated rings. The molecule has 26 heavy (non-hydrogen) atoms. The van der Waals surface area contributed by atoms with Gasteiger partial charge < -0.3 is 14.3 Å². The van der Waals surface area contributed by atoms with Gasteiger partial charge in [0.25, 0.3) is 0 Å². The van der Waals surface area contributed by atoms with Crippen LogP contribution in [0.15, 0.2) is 36.8 Å². The summed E-state index contributed by atoms with van der Waals surface area (Å²) in [5, 5.41) is 6.22. The molecule has 0 aliphatic rings. The maximum absolute atomic E-state index is 12.2. The molecule has 0 radical (unpaired) electrons. The number of H-pyrrole nitrogens is 1. The summed E-state index contributed by atoms with van der Waals surface area (Å²) >= 11 is 0. The largest absolute Gasteiger partial charge is 0.417 e. The summed E-state index contributed by atoms with van der Waals surface area (Å²) in [5.74, 6) is -0.796. The van der Waals surface area contributed by atoms with E-state index in [9.17, 15) is 18.0 Å². The van der Waals surface area contributed by atoms with E-state index in [-0.39, 0.29) is 29.3 Å². The van der Waals surface area contributed by atoms with Gasteiger partial charge in [0.05, 0.1) is 5.52 Å². The molecule has 3 rings (SSSR count). The third-order valence-corrected chi connectivity index (χ3v) is 5.29. The summed E-state index contributed by atoms with van der Waals surface area (Å²) in [6.45, 7) is 2.93. The van der Waals surface area contributed by atoms with Crippen molar-refractivity contribution in [3.8, 4) is 0 Å². The summed E-state index contributed by atoms with van der Waals surface area (Å²) < 4.78 is 36.5. The Morgan fingerprint density at radius 2 is 2.08 bits per heavy atom. The highest BCUT2D eigenvalue weighted by atomic mass is 32.2. The Labute approximate surface area is 147 Å². The van der Waals surface area contributed by atoms with Crippen LogP contribution in [-0.2, 0) is 14.8 Å². The molecule has 0 saturated heterocycles. The van der Waals surface area contributed by atoms with Crippen LogP contribution in [-0.4, -0.2) is 31.0 Å². The fourth-order valence-corrected chi connectivity index (χ4v) is 3.84. The minimum atomic E-state index is -3.81. The van der Waals surface area contributed by atoms with Crippen molar-refractivity contribution in [3.05, 3.63) is 40.2 Å². The average molecular weight is 380 g/mol. The first-order valence-electron chi connectivity index (χ1n) is 7.61. The van der Waals surface area contributed by atoms with E-state index in [1.54, 1.807) is 18.2 Å². The summed E-state index contributed by atoms with van der Waals surface area (Å²) in [4.78, 5) is 25.6. The van der Waals surface area contributed by atoms with Crippen LogP contribution in [0.2, 0.25) is 0 Å². The lowest BCUT2D eigenvalue weighted by molar-refractivity contribution is -0.116. The highest BCUT2D eigenvalue weighted by Gasteiger charge is 2.23. The van der Waals surface area contributed by atoms with Crippen LogP contribution in [0.5, 0.6) is 0 Å². The molecule has 11 heteroatoms. The number of aromatic nitrogens is 2. The van der Waals surface area contributed by atoms with Gasteiger partial charge in [0.15, 0.2) is 11.3 Å². The zero-order chi connectivity index (χ0) is 18.9. The number of fused-ring (bicyclic) bond motifs is 1. The second-order valence-corrected chi connectivity index (χ2v) is 7.28. The van der Waals surface area contributed by atoms with Gasteiger partial charge in [-0.15, -0.1) is 0 Å². The van der Waals surface area contributed by atoms with Crippen molar-refractivity contribution in [2.45, 2.75) is 25.2 Å². The van der Waals surface area contributed by atoms with Gasteiger partial charge in [0, 0.05) is 18.7 Å². The number of carbonyl (C=O) groups excluding carboxylic acids is 1. The lowest BCUT2D eigenvalue weighted by Crippen LogP contribution is -2.28. The molecule has 1 aromatic carbocycles. The van der Waals surface area contributed by atoms with Crippen molar-refractivity contribution in [1.29, 1.82) is 0 Å². The van der Waals surface area contributed by atoms with Crippen LogP contribution in [0, 0.1) is 13.8 Å². The fourth-order valence-electron chi connectivity index (χ4n) is 2.48. The topological polar surface area (TPSA) is 147 Å². The van der Waals surface area contributed by atoms with Crippen LogP contribution in [0.3, 0.4) is 0 Å². The lowest BCUT2D eigenvalue weighted by atomic mass is 10.2. The van der Waals surface area contributed by atoms with E-state index >= 15 is 0 Å². The minimum Gasteiger partial charge on any atom is -0.408 e. The Bertz CT molecular complexity index is 1110. The molecule has 138 valence electrons. The SMILES string of the molecule is Cc1noc(C)c1S(=O)(=O)NCCC(=O)Nc1ccc2oc(=O)[nH]c2c1. The number of benzene rings is 1. The second kappa shape index (κ2) is 6.77. The van der Waals surface area contributed by atoms with Crippen LogP contribution < -0.4 is 15.8 Å². The normalized spacial score (nSPS) is 11.8. The number of nitrogens with one attached hydrogen (secondary N) is 3. The van der Waals surface area contributed by atoms with Crippen molar-refractivity contribution >= 4 is 32.7 Å².